The largest absolute Gasteiger partial charge is 0.493 e. The van der Waals surface area contributed by atoms with Crippen LogP contribution in [-0.4, -0.2) is 35.0 Å². The Morgan fingerprint density at radius 1 is 1.29 bits per heavy atom. The van der Waals surface area contributed by atoms with Crippen molar-refractivity contribution < 1.29 is 19.2 Å². The number of nitrogens with two attached hydrogens (primary N) is 1. The van der Waals surface area contributed by atoms with Crippen LogP contribution in [-0.2, 0) is 16.1 Å². The lowest BCUT2D eigenvalue weighted by atomic mass is 10.1. The van der Waals surface area contributed by atoms with Crippen molar-refractivity contribution in [1.29, 1.82) is 5.26 Å². The van der Waals surface area contributed by atoms with Crippen LogP contribution in [0.2, 0.25) is 0 Å². The molecule has 0 amide bonds. The molecule has 0 heterocycles. The zero-order chi connectivity index (χ0) is 22.8. The van der Waals surface area contributed by atoms with Gasteiger partial charge in [0.05, 0.1) is 36.8 Å². The van der Waals surface area contributed by atoms with E-state index < -0.39 is 10.9 Å². The van der Waals surface area contributed by atoms with Crippen molar-refractivity contribution in [2.24, 2.45) is 10.7 Å². The first-order chi connectivity index (χ1) is 14.8. The third-order valence-electron chi connectivity index (χ3n) is 4.13. The Morgan fingerprint density at radius 3 is 2.61 bits per heavy atom. The molecule has 2 aromatic rings. The molecule has 0 aliphatic rings. The molecule has 0 atom stereocenters. The Morgan fingerprint density at radius 2 is 2.00 bits per heavy atom. The fraction of sp³-hybridized carbons (Fsp3) is 0.286. The highest BCUT2D eigenvalue weighted by molar-refractivity contribution is 5.82. The zero-order valence-electron chi connectivity index (χ0n) is 17.3. The fourth-order valence-electron chi connectivity index (χ4n) is 2.57. The van der Waals surface area contributed by atoms with Crippen LogP contribution in [0.5, 0.6) is 5.75 Å². The summed E-state index contributed by atoms with van der Waals surface area (Å²) in [6.45, 7) is 3.81. The number of rotatable bonds is 9. The van der Waals surface area contributed by atoms with Crippen LogP contribution in [0.3, 0.4) is 0 Å². The minimum absolute atomic E-state index is 0.0170. The summed E-state index contributed by atoms with van der Waals surface area (Å²) in [7, 11) is 0. The summed E-state index contributed by atoms with van der Waals surface area (Å²) in [5.74, 6) is -0.201. The number of nitro groups is 1. The zero-order valence-corrected chi connectivity index (χ0v) is 17.3. The Balaban J connectivity index is 2.23. The summed E-state index contributed by atoms with van der Waals surface area (Å²) in [5.41, 5.74) is 7.78. The summed E-state index contributed by atoms with van der Waals surface area (Å²) in [4.78, 5) is 27.4. The predicted octanol–water partition coefficient (Wildman–Crippen LogP) is 3.16. The predicted molar refractivity (Wildman–Crippen MR) is 113 cm³/mol. The monoisotopic (exact) mass is 425 g/mol. The van der Waals surface area contributed by atoms with Crippen molar-refractivity contribution in [3.8, 4) is 11.9 Å². The van der Waals surface area contributed by atoms with Crippen molar-refractivity contribution >= 4 is 23.3 Å². The number of hydrogen-bond donors (Lipinski definition) is 1. The lowest BCUT2D eigenvalue weighted by molar-refractivity contribution is -0.384. The number of benzene rings is 2. The molecule has 2 aromatic carbocycles. The highest BCUT2D eigenvalue weighted by atomic mass is 16.6. The number of carbonyl (C=O) groups is 1. The molecule has 2 rings (SSSR count). The van der Waals surface area contributed by atoms with Crippen LogP contribution in [0.15, 0.2) is 47.5 Å². The van der Waals surface area contributed by atoms with Crippen LogP contribution in [0.1, 0.15) is 24.5 Å². The third kappa shape index (κ3) is 7.01. The quantitative estimate of drug-likeness (QED) is 0.123. The van der Waals surface area contributed by atoms with Gasteiger partial charge < -0.3 is 15.2 Å². The number of nitrogens with zero attached hydrogens (tertiary/aromatic N) is 4. The number of nitro benzene ring substituents is 1. The fourth-order valence-corrected chi connectivity index (χ4v) is 2.57. The smallest absolute Gasteiger partial charge is 0.309 e. The van der Waals surface area contributed by atoms with Gasteiger partial charge in [-0.25, -0.2) is 9.89 Å². The first-order valence-corrected chi connectivity index (χ1v) is 9.48. The normalized spacial score (nSPS) is 10.8. The molecule has 0 saturated carbocycles. The molecule has 0 aliphatic carbocycles. The van der Waals surface area contributed by atoms with Gasteiger partial charge in [0.25, 0.3) is 5.69 Å². The highest BCUT2D eigenvalue weighted by Crippen LogP contribution is 2.26. The van der Waals surface area contributed by atoms with Gasteiger partial charge in [-0.15, -0.1) is 0 Å². The average Bonchev–Trinajstić information content (AvgIpc) is 2.74. The molecule has 31 heavy (non-hydrogen) atoms. The minimum atomic E-state index is -0.549. The van der Waals surface area contributed by atoms with E-state index in [9.17, 15) is 20.2 Å². The number of esters is 1. The molecule has 0 bridgehead atoms. The van der Waals surface area contributed by atoms with E-state index in [2.05, 4.69) is 4.99 Å². The number of aryl methyl sites for hydroxylation is 1. The van der Waals surface area contributed by atoms with Crippen LogP contribution < -0.4 is 10.5 Å². The molecule has 0 radical (unpaired) electrons. The van der Waals surface area contributed by atoms with Gasteiger partial charge in [-0.1, -0.05) is 17.7 Å². The van der Waals surface area contributed by atoms with Crippen LogP contribution in [0.25, 0.3) is 0 Å². The average molecular weight is 425 g/mol. The number of nitriles is 1. The summed E-state index contributed by atoms with van der Waals surface area (Å²) >= 11 is 0. The van der Waals surface area contributed by atoms with Gasteiger partial charge in [-0.05, 0) is 32.0 Å². The first kappa shape index (κ1) is 23.2. The molecule has 0 unspecified atom stereocenters. The van der Waals surface area contributed by atoms with Crippen molar-refractivity contribution in [3.63, 3.8) is 0 Å². The summed E-state index contributed by atoms with van der Waals surface area (Å²) in [6, 6.07) is 11.2. The van der Waals surface area contributed by atoms with Crippen molar-refractivity contribution in [2.75, 3.05) is 13.2 Å². The van der Waals surface area contributed by atoms with Crippen LogP contribution >= 0.6 is 0 Å². The van der Waals surface area contributed by atoms with Gasteiger partial charge in [0.15, 0.2) is 6.19 Å². The van der Waals surface area contributed by atoms with Crippen molar-refractivity contribution in [1.82, 2.24) is 4.90 Å². The summed E-state index contributed by atoms with van der Waals surface area (Å²) < 4.78 is 10.5. The van der Waals surface area contributed by atoms with Crippen LogP contribution in [0.4, 0.5) is 11.4 Å². The summed E-state index contributed by atoms with van der Waals surface area (Å²) in [5, 5.41) is 20.7. The Bertz CT molecular complexity index is 998. The van der Waals surface area contributed by atoms with Gasteiger partial charge in [0, 0.05) is 17.7 Å². The van der Waals surface area contributed by atoms with Gasteiger partial charge >= 0.3 is 5.97 Å². The maximum absolute atomic E-state index is 11.5. The molecule has 0 aliphatic heterocycles. The molecule has 10 nitrogen and oxygen atoms in total. The molecular weight excluding hydrogens is 402 g/mol. The number of guanidine groups is 1. The van der Waals surface area contributed by atoms with E-state index in [-0.39, 0.29) is 37.8 Å². The lowest BCUT2D eigenvalue weighted by Crippen LogP contribution is -2.33. The highest BCUT2D eigenvalue weighted by Gasteiger charge is 2.17. The standard InChI is InChI=1S/C21H23N5O5/c1-3-30-20(27)10-11-31-19-9-8-18(26(28)29)12-16(19)13-25(14-22)21(23)24-17-6-4-15(2)5-7-17/h4-9,12H,3,10-11,13H2,1-2H3,(H2,23,24). The van der Waals surface area contributed by atoms with E-state index in [1.807, 2.05) is 25.2 Å². The van der Waals surface area contributed by atoms with E-state index in [1.165, 1.54) is 18.2 Å². The number of carbonyl (C=O) groups excluding carboxylic acids is 1. The van der Waals surface area contributed by atoms with Crippen molar-refractivity contribution in [2.45, 2.75) is 26.8 Å². The first-order valence-electron chi connectivity index (χ1n) is 9.48. The molecule has 10 heteroatoms. The van der Waals surface area contributed by atoms with Gasteiger partial charge in [0.2, 0.25) is 5.96 Å². The molecule has 0 aromatic heterocycles. The molecule has 0 fully saturated rings. The molecule has 162 valence electrons. The van der Waals surface area contributed by atoms with E-state index in [0.717, 1.165) is 10.5 Å². The van der Waals surface area contributed by atoms with E-state index in [1.54, 1.807) is 19.1 Å². The Hall–Kier alpha value is -4.13. The van der Waals surface area contributed by atoms with Crippen molar-refractivity contribution in [3.05, 3.63) is 63.7 Å². The number of hydrogen-bond acceptors (Lipinski definition) is 7. The second kappa shape index (κ2) is 11.2. The van der Waals surface area contributed by atoms with E-state index in [4.69, 9.17) is 15.2 Å². The number of ether oxygens (including phenoxy) is 2. The molecule has 0 saturated heterocycles. The topological polar surface area (TPSA) is 144 Å². The Labute approximate surface area is 179 Å². The number of aliphatic imine (C=N–C) groups is 1. The lowest BCUT2D eigenvalue weighted by Gasteiger charge is -2.17. The van der Waals surface area contributed by atoms with Crippen LogP contribution in [0, 0.1) is 28.5 Å². The second-order valence-corrected chi connectivity index (χ2v) is 6.44. The minimum Gasteiger partial charge on any atom is -0.493 e. The third-order valence-corrected chi connectivity index (χ3v) is 4.13. The molecular formula is C21H23N5O5. The van der Waals surface area contributed by atoms with Gasteiger partial charge in [-0.2, -0.15) is 5.26 Å². The summed E-state index contributed by atoms with van der Waals surface area (Å²) in [6.07, 6.45) is 1.94. The van der Waals surface area contributed by atoms with Gasteiger partial charge in [-0.3, -0.25) is 14.9 Å². The van der Waals surface area contributed by atoms with E-state index >= 15 is 0 Å². The maximum atomic E-state index is 11.5. The molecule has 0 spiro atoms. The van der Waals surface area contributed by atoms with E-state index in [0.29, 0.717) is 17.0 Å². The Kier molecular flexibility index (Phi) is 8.33. The number of non-ortho nitro benzene ring substituents is 1. The molecule has 2 N–H and O–H groups in total. The van der Waals surface area contributed by atoms with Gasteiger partial charge in [0.1, 0.15) is 5.75 Å². The maximum Gasteiger partial charge on any atom is 0.309 e. The SMILES string of the molecule is CCOC(=O)CCOc1ccc([N+](=O)[O-])cc1CN(C#N)C(N)=Nc1ccc(C)cc1. The second-order valence-electron chi connectivity index (χ2n) is 6.44.